The second-order valence-electron chi connectivity index (χ2n) is 26.0. The summed E-state index contributed by atoms with van der Waals surface area (Å²) in [6.07, 6.45) is -10.6. The van der Waals surface area contributed by atoms with E-state index in [0.717, 1.165) is 0 Å². The molecule has 612 valence electrons. The summed E-state index contributed by atoms with van der Waals surface area (Å²) >= 11 is 0. The van der Waals surface area contributed by atoms with E-state index in [2.05, 4.69) is 58.5 Å². The maximum Gasteiger partial charge on any atom is 0.326 e. The van der Waals surface area contributed by atoms with Crippen LogP contribution in [0, 0.1) is 11.8 Å². The zero-order valence-corrected chi connectivity index (χ0v) is 60.8. The second kappa shape index (κ2) is 48.2. The summed E-state index contributed by atoms with van der Waals surface area (Å²) in [5.74, 6) is -29.5. The second-order valence-corrected chi connectivity index (χ2v) is 26.0. The minimum atomic E-state index is -2.23. The van der Waals surface area contributed by atoms with E-state index in [4.69, 9.17) is 11.5 Å². The van der Waals surface area contributed by atoms with E-state index in [-0.39, 0.29) is 12.8 Å². The Morgan fingerprint density at radius 3 is 0.955 bits per heavy atom. The molecule has 0 aliphatic rings. The molecule has 111 heavy (non-hydrogen) atoms. The summed E-state index contributed by atoms with van der Waals surface area (Å²) in [5, 5.41) is 114. The minimum absolute atomic E-state index is 0.0515. The van der Waals surface area contributed by atoms with Crippen molar-refractivity contribution in [3.8, 4) is 0 Å². The Hall–Kier alpha value is -12.3. The van der Waals surface area contributed by atoms with E-state index in [9.17, 15) is 142 Å². The molecule has 0 spiro atoms. The molecule has 14 atom stereocenters. The Morgan fingerprint density at radius 1 is 0.333 bits per heavy atom. The van der Waals surface area contributed by atoms with Crippen LogP contribution in [0.5, 0.6) is 0 Å². The Morgan fingerprint density at radius 2 is 0.622 bits per heavy atom. The first-order chi connectivity index (χ1) is 52.1. The van der Waals surface area contributed by atoms with Crippen molar-refractivity contribution in [1.82, 2.24) is 63.8 Å². The Balaban J connectivity index is 2.57. The SMILES string of the molecule is CCC(C)[C@H](NC(=O)[C@H](CC(=O)O)NC(=O)[C@H](CC(=O)O)NC(=O)[C@H](CC(C)C)NC(=O)[C@H](CO)NC(=O)[C@H](Cc1ccccc1)NC(=O)[C@H](CCC(=O)O)NC(=O)[C@H](CCC(=O)O)NC(=O)[C@H](Cc1ccccc1)NC(=O)[C@H](CC(=O)O)NC(=O)[C@@H](N)CO)C(=O)N[C@@H](CCC(=O)O)C(=O)N[C@@H](CCC(N)=O)C(=O)O. The van der Waals surface area contributed by atoms with Crippen LogP contribution < -0.4 is 75.3 Å². The van der Waals surface area contributed by atoms with Crippen molar-refractivity contribution >= 4 is 119 Å². The number of nitrogens with one attached hydrogen (secondary N) is 12. The fourth-order valence-electron chi connectivity index (χ4n) is 10.4. The van der Waals surface area contributed by atoms with Crippen LogP contribution in [0.15, 0.2) is 60.7 Å². The zero-order chi connectivity index (χ0) is 83.9. The number of aliphatic hydroxyl groups is 2. The summed E-state index contributed by atoms with van der Waals surface area (Å²) in [7, 11) is 0. The minimum Gasteiger partial charge on any atom is -0.481 e. The van der Waals surface area contributed by atoms with Crippen molar-refractivity contribution in [3.05, 3.63) is 71.8 Å². The monoisotopic (exact) mass is 1570 g/mol. The number of benzene rings is 2. The van der Waals surface area contributed by atoms with Gasteiger partial charge in [-0.3, -0.25) is 91.1 Å². The van der Waals surface area contributed by atoms with Gasteiger partial charge in [0, 0.05) is 38.5 Å². The molecular formula is C68H96N14O29. The fourth-order valence-corrected chi connectivity index (χ4v) is 10.4. The number of carbonyl (C=O) groups is 20. The molecule has 13 amide bonds. The van der Waals surface area contributed by atoms with Gasteiger partial charge in [0.1, 0.15) is 78.5 Å². The summed E-state index contributed by atoms with van der Waals surface area (Å²) < 4.78 is 0. The van der Waals surface area contributed by atoms with Crippen molar-refractivity contribution in [2.75, 3.05) is 13.2 Å². The van der Waals surface area contributed by atoms with E-state index in [1.807, 2.05) is 5.32 Å². The molecule has 43 nitrogen and oxygen atoms in total. The molecule has 2 aromatic rings. The Kier molecular flexibility index (Phi) is 41.2. The van der Waals surface area contributed by atoms with Gasteiger partial charge in [-0.1, -0.05) is 94.8 Å². The topological polar surface area (TPSA) is 720 Å². The number of carboxylic acid groups (broad SMARTS) is 7. The average Bonchev–Trinajstić information content (AvgIpc) is 0.853. The van der Waals surface area contributed by atoms with E-state index >= 15 is 0 Å². The van der Waals surface area contributed by atoms with E-state index in [1.54, 1.807) is 12.1 Å². The van der Waals surface area contributed by atoms with Gasteiger partial charge in [-0.05, 0) is 55.1 Å². The van der Waals surface area contributed by atoms with Crippen molar-refractivity contribution in [1.29, 1.82) is 0 Å². The number of carboxylic acids is 7. The van der Waals surface area contributed by atoms with Gasteiger partial charge in [-0.2, -0.15) is 0 Å². The molecule has 2 rings (SSSR count). The highest BCUT2D eigenvalue weighted by molar-refractivity contribution is 6.01. The molecule has 25 N–H and O–H groups in total. The van der Waals surface area contributed by atoms with Gasteiger partial charge >= 0.3 is 41.8 Å². The number of carbonyl (C=O) groups excluding carboxylic acids is 13. The third kappa shape index (κ3) is 36.0. The lowest BCUT2D eigenvalue weighted by atomic mass is 9.96. The summed E-state index contributed by atoms with van der Waals surface area (Å²) in [6.45, 7) is 3.77. The van der Waals surface area contributed by atoms with Crippen molar-refractivity contribution in [2.24, 2.45) is 23.3 Å². The number of aliphatic hydroxyl groups excluding tert-OH is 2. The Bertz CT molecular complexity index is 3640. The number of amides is 13. The molecule has 0 saturated heterocycles. The zero-order valence-electron chi connectivity index (χ0n) is 60.8. The number of aliphatic carboxylic acids is 7. The highest BCUT2D eigenvalue weighted by atomic mass is 16.4. The molecule has 0 aliphatic carbocycles. The molecule has 1 unspecified atom stereocenters. The lowest BCUT2D eigenvalue weighted by Gasteiger charge is -2.29. The molecule has 0 fully saturated rings. The van der Waals surface area contributed by atoms with Gasteiger partial charge < -0.3 is 121 Å². The predicted octanol–water partition coefficient (Wildman–Crippen LogP) is -6.94. The molecule has 0 aliphatic heterocycles. The number of hydrogen-bond donors (Lipinski definition) is 23. The van der Waals surface area contributed by atoms with Gasteiger partial charge in [0.05, 0.1) is 32.5 Å². The molecule has 0 aromatic heterocycles. The smallest absolute Gasteiger partial charge is 0.326 e. The fraction of sp³-hybridized carbons (Fsp3) is 0.529. The number of rotatable bonds is 53. The van der Waals surface area contributed by atoms with Gasteiger partial charge in [0.2, 0.25) is 76.8 Å². The molecule has 0 radical (unpaired) electrons. The van der Waals surface area contributed by atoms with Crippen molar-refractivity contribution in [3.63, 3.8) is 0 Å². The van der Waals surface area contributed by atoms with Crippen LogP contribution in [0.25, 0.3) is 0 Å². The lowest BCUT2D eigenvalue weighted by Crippen LogP contribution is -2.62. The van der Waals surface area contributed by atoms with Crippen LogP contribution in [0.4, 0.5) is 0 Å². The van der Waals surface area contributed by atoms with Crippen LogP contribution in [-0.4, -0.2) is 256 Å². The van der Waals surface area contributed by atoms with Crippen LogP contribution in [0.1, 0.15) is 122 Å². The highest BCUT2D eigenvalue weighted by Crippen LogP contribution is 2.15. The van der Waals surface area contributed by atoms with E-state index in [1.165, 1.54) is 76.2 Å². The maximum atomic E-state index is 14.5. The van der Waals surface area contributed by atoms with Crippen LogP contribution in [-0.2, 0) is 109 Å². The number of nitrogens with two attached hydrogens (primary N) is 2. The summed E-state index contributed by atoms with van der Waals surface area (Å²) in [4.78, 5) is 263. The predicted molar refractivity (Wildman–Crippen MR) is 378 cm³/mol. The molecule has 0 heterocycles. The quantitative estimate of drug-likeness (QED) is 0.0293. The average molecular weight is 1570 g/mol. The van der Waals surface area contributed by atoms with Crippen LogP contribution >= 0.6 is 0 Å². The Labute approximate surface area is 633 Å². The summed E-state index contributed by atoms with van der Waals surface area (Å²) in [6, 6.07) is -9.54. The number of hydrogen-bond acceptors (Lipinski definition) is 23. The third-order valence-corrected chi connectivity index (χ3v) is 16.5. The van der Waals surface area contributed by atoms with E-state index < -0.39 is 306 Å². The first kappa shape index (κ1) is 94.8. The van der Waals surface area contributed by atoms with Crippen LogP contribution in [0.2, 0.25) is 0 Å². The molecule has 2 aromatic carbocycles. The molecule has 0 bridgehead atoms. The largest absolute Gasteiger partial charge is 0.481 e. The molecule has 43 heteroatoms. The molecular weight excluding hydrogens is 1480 g/mol. The van der Waals surface area contributed by atoms with Crippen LogP contribution in [0.3, 0.4) is 0 Å². The summed E-state index contributed by atoms with van der Waals surface area (Å²) in [5.41, 5.74) is 11.3. The lowest BCUT2D eigenvalue weighted by molar-refractivity contribution is -0.144. The number of primary amides is 1. The van der Waals surface area contributed by atoms with Crippen molar-refractivity contribution in [2.45, 2.75) is 203 Å². The standard InChI is InChI=1S/C68H96N14O29/c1-5-33(4)55(67(109)73-39(19-23-51(90)91)58(100)74-40(68(110)111)16-20-48(70)85)82-65(107)46(29-54(96)97)80-64(106)45(28-53(94)95)79-60(102)41(24-32(2)3)76-66(108)47(31-84)81-62(104)43(26-35-14-10-7-11-15-35)77-59(101)38(18-22-50(88)89)71-57(99)37(17-21-49(86)87)72-61(103)42(25-34-12-8-6-9-13-34)78-63(105)44(27-52(92)93)75-56(98)36(69)30-83/h6-15,32-33,36-47,55,83-84H,5,16-31,69H2,1-4H3,(H2,70,85)(H,71,99)(H,72,103)(H,73,109)(H,74,100)(H,75,98)(H,76,108)(H,77,101)(H,78,105)(H,79,102)(H,80,106)(H,81,104)(H,82,107)(H,86,87)(H,88,89)(H,90,91)(H,92,93)(H,94,95)(H,96,97)(H,110,111)/t33?,36-,37-,38-,39-,40-,41-,42-,43-,44-,45-,46-,47-,55-/m0/s1. The first-order valence-corrected chi connectivity index (χ1v) is 34.6. The van der Waals surface area contributed by atoms with Gasteiger partial charge in [0.15, 0.2) is 0 Å². The highest BCUT2D eigenvalue weighted by Gasteiger charge is 2.40. The third-order valence-electron chi connectivity index (χ3n) is 16.5. The van der Waals surface area contributed by atoms with Gasteiger partial charge in [0.25, 0.3) is 0 Å². The van der Waals surface area contributed by atoms with Crippen molar-refractivity contribution < 1.29 is 142 Å². The van der Waals surface area contributed by atoms with E-state index in [0.29, 0.717) is 11.1 Å². The normalized spacial score (nSPS) is 14.7. The van der Waals surface area contributed by atoms with Gasteiger partial charge in [-0.25, -0.2) is 4.79 Å². The first-order valence-electron chi connectivity index (χ1n) is 34.6. The van der Waals surface area contributed by atoms with Gasteiger partial charge in [-0.15, -0.1) is 0 Å². The maximum absolute atomic E-state index is 14.5. The molecule has 0 saturated carbocycles.